The number of aliphatic hydroxyl groups is 1. The van der Waals surface area contributed by atoms with Gasteiger partial charge in [0.1, 0.15) is 5.75 Å². The van der Waals surface area contributed by atoms with E-state index in [1.165, 1.54) is 49.8 Å². The third-order valence-corrected chi connectivity index (χ3v) is 8.97. The van der Waals surface area contributed by atoms with Crippen LogP contribution in [0.4, 0.5) is 0 Å². The van der Waals surface area contributed by atoms with Crippen LogP contribution in [-0.4, -0.2) is 43.6 Å². The highest BCUT2D eigenvalue weighted by molar-refractivity contribution is 5.94. The zero-order chi connectivity index (χ0) is 23.0. The first-order chi connectivity index (χ1) is 15.3. The number of rotatable bonds is 7. The molecule has 0 amide bonds. The molecule has 0 spiro atoms. The van der Waals surface area contributed by atoms with Crippen LogP contribution in [0.15, 0.2) is 23.3 Å². The van der Waals surface area contributed by atoms with E-state index in [-0.39, 0.29) is 12.0 Å². The van der Waals surface area contributed by atoms with E-state index in [9.17, 15) is 5.11 Å². The molecular formula is C28H44N2O2. The number of hydrazone groups is 1. The van der Waals surface area contributed by atoms with Gasteiger partial charge in [0, 0.05) is 37.7 Å². The van der Waals surface area contributed by atoms with Crippen LogP contribution in [0.2, 0.25) is 0 Å². The Hall–Kier alpha value is -1.55. The number of benzene rings is 1. The Labute approximate surface area is 195 Å². The highest BCUT2D eigenvalue weighted by Gasteiger charge is 2.58. The number of nitrogens with zero attached hydrogens (tertiary/aromatic N) is 2. The molecule has 4 rings (SSSR count). The van der Waals surface area contributed by atoms with Crippen molar-refractivity contribution < 1.29 is 9.84 Å². The van der Waals surface area contributed by atoms with E-state index in [4.69, 9.17) is 9.84 Å². The summed E-state index contributed by atoms with van der Waals surface area (Å²) >= 11 is 0. The van der Waals surface area contributed by atoms with Gasteiger partial charge in [0.25, 0.3) is 0 Å². The number of ether oxygens (including phenoxy) is 1. The topological polar surface area (TPSA) is 45.1 Å². The van der Waals surface area contributed by atoms with Gasteiger partial charge in [-0.25, -0.2) is 0 Å². The van der Waals surface area contributed by atoms with Crippen LogP contribution >= 0.6 is 0 Å². The van der Waals surface area contributed by atoms with Crippen LogP contribution in [0.3, 0.4) is 0 Å². The summed E-state index contributed by atoms with van der Waals surface area (Å²) < 4.78 is 5.57. The maximum absolute atomic E-state index is 9.78. The standard InChI is InChI=1S/C28H44N2O2/c1-7-8-19-14-20-15-22(32-6)9-10-23(20)24-11-12-28(3)25(26(19)24)16-21(13-18(2)17-31)27(28)29-30(4)5/h9-10,15,18-19,21,24-26,31H,7-8,11-14,16-17H2,1-6H3/t18-,19+,21+,24+,25-,26+,28-/m0/s1. The lowest BCUT2D eigenvalue weighted by molar-refractivity contribution is 0.0469. The molecule has 4 nitrogen and oxygen atoms in total. The predicted octanol–water partition coefficient (Wildman–Crippen LogP) is 5.74. The Morgan fingerprint density at radius 1 is 1.31 bits per heavy atom. The van der Waals surface area contributed by atoms with Gasteiger partial charge in [0.15, 0.2) is 0 Å². The SMILES string of the molecule is CCC[C@@H]1Cc2cc(OC)ccc2[C@H]2CC[C@]3(C)C(=NN(C)C)[C@H](C[C@H](C)CO)C[C@H]3[C@H]12. The van der Waals surface area contributed by atoms with E-state index in [2.05, 4.69) is 53.1 Å². The summed E-state index contributed by atoms with van der Waals surface area (Å²) in [7, 11) is 5.90. The van der Waals surface area contributed by atoms with Crippen molar-refractivity contribution in [2.24, 2.45) is 40.1 Å². The Morgan fingerprint density at radius 3 is 2.75 bits per heavy atom. The van der Waals surface area contributed by atoms with E-state index in [0.717, 1.165) is 24.0 Å². The molecule has 3 aliphatic carbocycles. The van der Waals surface area contributed by atoms with Crippen molar-refractivity contribution in [3.8, 4) is 5.75 Å². The Balaban J connectivity index is 1.74. The van der Waals surface area contributed by atoms with Gasteiger partial charge in [0.05, 0.1) is 7.11 Å². The quantitative estimate of drug-likeness (QED) is 0.550. The van der Waals surface area contributed by atoms with Crippen LogP contribution in [0.1, 0.15) is 76.3 Å². The molecule has 0 saturated heterocycles. The van der Waals surface area contributed by atoms with Crippen LogP contribution in [0.25, 0.3) is 0 Å². The van der Waals surface area contributed by atoms with Crippen molar-refractivity contribution in [1.82, 2.24) is 5.01 Å². The lowest BCUT2D eigenvalue weighted by Crippen LogP contribution is -2.46. The largest absolute Gasteiger partial charge is 0.497 e. The highest BCUT2D eigenvalue weighted by atomic mass is 16.5. The first-order valence-corrected chi connectivity index (χ1v) is 12.9. The molecule has 0 radical (unpaired) electrons. The molecule has 0 aliphatic heterocycles. The number of hydrogen-bond donors (Lipinski definition) is 1. The van der Waals surface area contributed by atoms with Gasteiger partial charge >= 0.3 is 0 Å². The molecule has 4 heteroatoms. The molecule has 7 atom stereocenters. The molecule has 2 fully saturated rings. The fraction of sp³-hybridized carbons (Fsp3) is 0.750. The second kappa shape index (κ2) is 9.37. The fourth-order valence-electron chi connectivity index (χ4n) is 7.69. The zero-order valence-electron chi connectivity index (χ0n) is 21.1. The first kappa shape index (κ1) is 23.6. The van der Waals surface area contributed by atoms with Gasteiger partial charge in [-0.2, -0.15) is 5.10 Å². The van der Waals surface area contributed by atoms with Gasteiger partial charge in [-0.15, -0.1) is 0 Å². The van der Waals surface area contributed by atoms with E-state index in [0.29, 0.717) is 23.7 Å². The molecule has 0 bridgehead atoms. The summed E-state index contributed by atoms with van der Waals surface area (Å²) in [4.78, 5) is 0. The molecule has 1 aromatic rings. The normalized spacial score (nSPS) is 35.7. The van der Waals surface area contributed by atoms with Gasteiger partial charge in [-0.1, -0.05) is 39.7 Å². The number of aliphatic hydroxyl groups excluding tert-OH is 1. The molecule has 2 saturated carbocycles. The summed E-state index contributed by atoms with van der Waals surface area (Å²) in [5, 5.41) is 16.9. The third-order valence-electron chi connectivity index (χ3n) is 8.97. The first-order valence-electron chi connectivity index (χ1n) is 12.9. The van der Waals surface area contributed by atoms with E-state index in [1.54, 1.807) is 12.7 Å². The van der Waals surface area contributed by atoms with Crippen LogP contribution in [0, 0.1) is 35.0 Å². The molecule has 32 heavy (non-hydrogen) atoms. The minimum Gasteiger partial charge on any atom is -0.497 e. The van der Waals surface area contributed by atoms with E-state index in [1.807, 2.05) is 5.01 Å². The minimum absolute atomic E-state index is 0.182. The monoisotopic (exact) mass is 440 g/mol. The molecule has 3 aliphatic rings. The zero-order valence-corrected chi connectivity index (χ0v) is 21.1. The van der Waals surface area contributed by atoms with Crippen LogP contribution in [0.5, 0.6) is 5.75 Å². The lowest BCUT2D eigenvalue weighted by Gasteiger charge is -2.52. The smallest absolute Gasteiger partial charge is 0.119 e. The van der Waals surface area contributed by atoms with Crippen molar-refractivity contribution in [3.05, 3.63) is 29.3 Å². The predicted molar refractivity (Wildman–Crippen MR) is 132 cm³/mol. The number of fused-ring (bicyclic) bond motifs is 5. The van der Waals surface area contributed by atoms with Crippen molar-refractivity contribution in [2.45, 2.75) is 71.6 Å². The Bertz CT molecular complexity index is 835. The summed E-state index contributed by atoms with van der Waals surface area (Å²) in [5.41, 5.74) is 4.71. The molecule has 0 unspecified atom stereocenters. The summed E-state index contributed by atoms with van der Waals surface area (Å²) in [5.74, 6) is 4.64. The second-order valence-electron chi connectivity index (χ2n) is 11.4. The van der Waals surface area contributed by atoms with Gasteiger partial charge < -0.3 is 14.9 Å². The Morgan fingerprint density at radius 2 is 2.09 bits per heavy atom. The summed E-state index contributed by atoms with van der Waals surface area (Å²) in [6.45, 7) is 7.32. The van der Waals surface area contributed by atoms with Crippen LogP contribution < -0.4 is 4.74 Å². The highest BCUT2D eigenvalue weighted by Crippen LogP contribution is 2.63. The molecule has 1 N–H and O–H groups in total. The van der Waals surface area contributed by atoms with E-state index >= 15 is 0 Å². The second-order valence-corrected chi connectivity index (χ2v) is 11.4. The van der Waals surface area contributed by atoms with Crippen molar-refractivity contribution in [1.29, 1.82) is 0 Å². The third kappa shape index (κ3) is 4.08. The molecule has 178 valence electrons. The Kier molecular flexibility index (Phi) is 6.91. The maximum Gasteiger partial charge on any atom is 0.119 e. The maximum atomic E-state index is 9.78. The minimum atomic E-state index is 0.182. The number of hydrogen-bond acceptors (Lipinski definition) is 4. The summed E-state index contributed by atoms with van der Waals surface area (Å²) in [6, 6.07) is 6.84. The van der Waals surface area contributed by atoms with Gasteiger partial charge in [-0.05, 0) is 85.0 Å². The average Bonchev–Trinajstić information content (AvgIpc) is 3.04. The number of methoxy groups -OCH3 is 1. The van der Waals surface area contributed by atoms with E-state index < -0.39 is 0 Å². The average molecular weight is 441 g/mol. The van der Waals surface area contributed by atoms with Gasteiger partial charge in [-0.3, -0.25) is 0 Å². The molecular weight excluding hydrogens is 396 g/mol. The van der Waals surface area contributed by atoms with Gasteiger partial charge in [0.2, 0.25) is 0 Å². The molecule has 0 aromatic heterocycles. The van der Waals surface area contributed by atoms with Crippen LogP contribution in [-0.2, 0) is 6.42 Å². The molecule has 1 aromatic carbocycles. The lowest BCUT2D eigenvalue weighted by atomic mass is 9.52. The summed E-state index contributed by atoms with van der Waals surface area (Å²) in [6.07, 6.45) is 8.51. The van der Waals surface area contributed by atoms with Crippen molar-refractivity contribution in [3.63, 3.8) is 0 Å². The molecule has 0 heterocycles. The fourth-order valence-corrected chi connectivity index (χ4v) is 7.69. The van der Waals surface area contributed by atoms with Crippen molar-refractivity contribution in [2.75, 3.05) is 27.8 Å². The van der Waals surface area contributed by atoms with Crippen molar-refractivity contribution >= 4 is 5.71 Å².